The number of carbonyl (C=O) groups excluding carboxylic acids is 5. The Morgan fingerprint density at radius 2 is 1.07 bits per heavy atom. The number of pyridine rings is 2. The zero-order valence-corrected chi connectivity index (χ0v) is 49.8. The molecule has 0 spiro atoms. The molecule has 0 fully saturated rings. The maximum Gasteiger partial charge on any atom is 0.311 e. The number of rotatable bonds is 13. The molecule has 10 rings (SSSR count). The van der Waals surface area contributed by atoms with Gasteiger partial charge in [-0.2, -0.15) is 0 Å². The third kappa shape index (κ3) is 11.0. The molecule has 0 aliphatic heterocycles. The number of aromatic nitrogens is 2. The van der Waals surface area contributed by atoms with Crippen molar-refractivity contribution in [3.05, 3.63) is 193 Å². The zero-order chi connectivity index (χ0) is 60.7. The summed E-state index contributed by atoms with van der Waals surface area (Å²) in [5.41, 5.74) is 6.20. The number of para-hydroxylation sites is 1. The number of carbonyl (C=O) groups is 5. The molecule has 0 bridgehead atoms. The molecule has 2 heterocycles. The molecule has 432 valence electrons. The first-order chi connectivity index (χ1) is 39.4. The maximum absolute atomic E-state index is 14.0. The minimum Gasteiger partial charge on any atom is -0.507 e. The summed E-state index contributed by atoms with van der Waals surface area (Å²) >= 11 is 0. The second kappa shape index (κ2) is 21.6. The molecule has 0 saturated carbocycles. The van der Waals surface area contributed by atoms with Crippen LogP contribution in [0.15, 0.2) is 115 Å². The topological polar surface area (TPSA) is 211 Å². The Bertz CT molecular complexity index is 4020. The van der Waals surface area contributed by atoms with Gasteiger partial charge in [0.15, 0.2) is 28.8 Å². The third-order valence-corrected chi connectivity index (χ3v) is 16.6. The fraction of sp³-hybridized carbons (Fsp3) is 0.338. The summed E-state index contributed by atoms with van der Waals surface area (Å²) in [5.74, 6) is -4.28. The van der Waals surface area contributed by atoms with Crippen molar-refractivity contribution in [3.63, 3.8) is 0 Å². The van der Waals surface area contributed by atoms with E-state index in [0.717, 1.165) is 33.4 Å². The number of aromatic hydroxyl groups is 3. The highest BCUT2D eigenvalue weighted by Gasteiger charge is 2.44. The smallest absolute Gasteiger partial charge is 0.311 e. The van der Waals surface area contributed by atoms with Crippen LogP contribution in [0.3, 0.4) is 0 Å². The summed E-state index contributed by atoms with van der Waals surface area (Å²) in [6.07, 6.45) is -0.227. The van der Waals surface area contributed by atoms with Gasteiger partial charge in [0.1, 0.15) is 34.2 Å². The molecule has 13 nitrogen and oxygen atoms in total. The molecule has 84 heavy (non-hydrogen) atoms. The predicted molar refractivity (Wildman–Crippen MR) is 323 cm³/mol. The van der Waals surface area contributed by atoms with E-state index in [1.807, 2.05) is 126 Å². The van der Waals surface area contributed by atoms with Crippen molar-refractivity contribution in [1.29, 1.82) is 0 Å². The van der Waals surface area contributed by atoms with Gasteiger partial charge >= 0.3 is 11.9 Å². The highest BCUT2D eigenvalue weighted by atomic mass is 16.5. The molecule has 0 saturated heterocycles. The standard InChI is InChI=1S/C71H72N2O11/c1-37-16-13-18-43-56(37)66(81)58(62(43)77)49-27-24-40-17-14-21-52(60(40)72-49)83-54(75)31-23-39-34-47(70(8,9)10)65(80)48(35-39)71(11,12)36-41-25-29-53(84-55(76)30-22-38-32-45(68(2,3)4)64(79)46(33-38)69(5,6)7)61-42(41)26-28-50(73-61)59-63(78)44-19-15-20-51(74)57(44)67(59)82/h13-21,24-29,32-35,58-59,66,74,79-81H,22-23,30-31,36H2,1-12H3. The number of hydrogen-bond acceptors (Lipinski definition) is 13. The lowest BCUT2D eigenvalue weighted by Crippen LogP contribution is -2.24. The fourth-order valence-electron chi connectivity index (χ4n) is 12.1. The second-order valence-corrected chi connectivity index (χ2v) is 26.4. The number of fused-ring (bicyclic) bond motifs is 4. The molecular weight excluding hydrogens is 1060 g/mol. The molecule has 0 amide bonds. The molecular formula is C71H72N2O11. The lowest BCUT2D eigenvalue weighted by molar-refractivity contribution is -0.135. The number of phenols is 3. The van der Waals surface area contributed by atoms with Crippen LogP contribution in [0.25, 0.3) is 21.8 Å². The largest absolute Gasteiger partial charge is 0.507 e. The number of ketones is 3. The van der Waals surface area contributed by atoms with Crippen LogP contribution in [0, 0.1) is 6.92 Å². The first-order valence-corrected chi connectivity index (χ1v) is 28.6. The number of benzene rings is 6. The van der Waals surface area contributed by atoms with Crippen molar-refractivity contribution in [2.75, 3.05) is 0 Å². The first kappa shape index (κ1) is 58.6. The molecule has 3 atom stereocenters. The number of phenolic OH excluding ortho intramolecular Hbond substituents is 3. The monoisotopic (exact) mass is 1130 g/mol. The molecule has 13 heteroatoms. The minimum absolute atomic E-state index is 0.0160. The van der Waals surface area contributed by atoms with Crippen LogP contribution in [-0.4, -0.2) is 59.7 Å². The van der Waals surface area contributed by atoms with E-state index in [1.165, 1.54) is 18.2 Å². The molecule has 2 aliphatic carbocycles. The summed E-state index contributed by atoms with van der Waals surface area (Å²) in [6.45, 7) is 24.1. The molecule has 4 N–H and O–H groups in total. The van der Waals surface area contributed by atoms with Crippen LogP contribution in [0.5, 0.6) is 28.7 Å². The van der Waals surface area contributed by atoms with Crippen molar-refractivity contribution < 1.29 is 53.9 Å². The van der Waals surface area contributed by atoms with E-state index in [4.69, 9.17) is 19.4 Å². The van der Waals surface area contributed by atoms with E-state index in [1.54, 1.807) is 54.6 Å². The molecule has 2 aromatic heterocycles. The third-order valence-electron chi connectivity index (χ3n) is 16.6. The number of aryl methyl sites for hydroxylation is 3. The quantitative estimate of drug-likeness (QED) is 0.0481. The summed E-state index contributed by atoms with van der Waals surface area (Å²) in [5, 5.41) is 47.0. The number of ether oxygens (including phenoxy) is 2. The predicted octanol–water partition coefficient (Wildman–Crippen LogP) is 13.9. The van der Waals surface area contributed by atoms with Gasteiger partial charge in [-0.3, -0.25) is 24.0 Å². The molecule has 6 aromatic carbocycles. The first-order valence-electron chi connectivity index (χ1n) is 28.6. The maximum atomic E-state index is 14.0. The van der Waals surface area contributed by atoms with Gasteiger partial charge in [-0.05, 0) is 123 Å². The van der Waals surface area contributed by atoms with Crippen LogP contribution >= 0.6 is 0 Å². The van der Waals surface area contributed by atoms with E-state index in [-0.39, 0.29) is 87.0 Å². The van der Waals surface area contributed by atoms with Crippen molar-refractivity contribution in [2.24, 2.45) is 0 Å². The van der Waals surface area contributed by atoms with Crippen molar-refractivity contribution in [1.82, 2.24) is 9.97 Å². The van der Waals surface area contributed by atoms with Crippen LogP contribution < -0.4 is 9.47 Å². The number of aliphatic hydroxyl groups excluding tert-OH is 1. The van der Waals surface area contributed by atoms with Crippen molar-refractivity contribution >= 4 is 51.1 Å². The normalized spacial score (nSPS) is 16.3. The number of nitrogens with zero attached hydrogens (tertiary/aromatic N) is 2. The Hall–Kier alpha value is -8.55. The second-order valence-electron chi connectivity index (χ2n) is 26.4. The summed E-state index contributed by atoms with van der Waals surface area (Å²) in [4.78, 5) is 79.2. The Morgan fingerprint density at radius 1 is 0.548 bits per heavy atom. The Labute approximate surface area is 489 Å². The SMILES string of the molecule is Cc1cccc2c1C(O)C(c1ccc3cccc(OC(=O)CCc4cc(C(C)(C)C)c(O)c(C(C)(C)Cc5ccc(OC(=O)CCc6cc(C(C)(C)C)c(O)c(C(C)(C)C)c6)c6nc(C7C(=O)c8cccc(O)c8C7=O)ccc56)c4)c3n1)C2=O. The Morgan fingerprint density at radius 3 is 1.65 bits per heavy atom. The van der Waals surface area contributed by atoms with Gasteiger partial charge in [0.25, 0.3) is 0 Å². The van der Waals surface area contributed by atoms with Gasteiger partial charge in [0.05, 0.1) is 29.0 Å². The summed E-state index contributed by atoms with van der Waals surface area (Å²) < 4.78 is 12.2. The number of Topliss-reactive ketones (excluding diaryl/α,β-unsaturated/α-hetero) is 3. The van der Waals surface area contributed by atoms with E-state index in [9.17, 15) is 44.4 Å². The number of hydrogen-bond donors (Lipinski definition) is 4. The number of esters is 2. The van der Waals surface area contributed by atoms with Gasteiger partial charge < -0.3 is 29.9 Å². The molecule has 3 unspecified atom stereocenters. The fourth-order valence-corrected chi connectivity index (χ4v) is 12.1. The van der Waals surface area contributed by atoms with Gasteiger partial charge in [0.2, 0.25) is 0 Å². The van der Waals surface area contributed by atoms with E-state index >= 15 is 0 Å². The summed E-state index contributed by atoms with van der Waals surface area (Å²) in [6, 6.07) is 33.1. The van der Waals surface area contributed by atoms with E-state index in [2.05, 4.69) is 0 Å². The zero-order valence-electron chi connectivity index (χ0n) is 49.8. The van der Waals surface area contributed by atoms with Crippen LogP contribution in [0.4, 0.5) is 0 Å². The Balaban J connectivity index is 0.939. The Kier molecular flexibility index (Phi) is 15.1. The van der Waals surface area contributed by atoms with Gasteiger partial charge in [0, 0.05) is 40.3 Å². The van der Waals surface area contributed by atoms with Crippen molar-refractivity contribution in [2.45, 2.75) is 155 Å². The van der Waals surface area contributed by atoms with E-state index < -0.39 is 52.3 Å². The van der Waals surface area contributed by atoms with Crippen LogP contribution in [-0.2, 0) is 50.5 Å². The van der Waals surface area contributed by atoms with Gasteiger partial charge in [-0.25, -0.2) is 9.97 Å². The van der Waals surface area contributed by atoms with Crippen LogP contribution in [0.2, 0.25) is 0 Å². The molecule has 8 aromatic rings. The van der Waals surface area contributed by atoms with Gasteiger partial charge in [-0.15, -0.1) is 0 Å². The number of aliphatic hydroxyl groups is 1. The lowest BCUT2D eigenvalue weighted by Gasteiger charge is -2.31. The van der Waals surface area contributed by atoms with E-state index in [0.29, 0.717) is 57.1 Å². The lowest BCUT2D eigenvalue weighted by atomic mass is 9.74. The van der Waals surface area contributed by atoms with Crippen LogP contribution in [0.1, 0.15) is 199 Å². The highest BCUT2D eigenvalue weighted by molar-refractivity contribution is 6.30. The van der Waals surface area contributed by atoms with Gasteiger partial charge in [-0.1, -0.05) is 161 Å². The average molecular weight is 1130 g/mol. The van der Waals surface area contributed by atoms with Crippen molar-refractivity contribution in [3.8, 4) is 28.7 Å². The summed E-state index contributed by atoms with van der Waals surface area (Å²) in [7, 11) is 0. The molecule has 0 radical (unpaired) electrons. The molecule has 2 aliphatic rings. The highest BCUT2D eigenvalue weighted by Crippen LogP contribution is 2.47. The average Bonchev–Trinajstić information content (AvgIpc) is 1.61. The minimum atomic E-state index is -1.35.